The van der Waals surface area contributed by atoms with Crippen molar-refractivity contribution in [2.75, 3.05) is 5.73 Å². The molecule has 0 saturated heterocycles. The first kappa shape index (κ1) is 20.0. The molecule has 0 unspecified atom stereocenters. The minimum absolute atomic E-state index is 0.207. The second-order valence-electron chi connectivity index (χ2n) is 7.46. The molecule has 0 aliphatic heterocycles. The summed E-state index contributed by atoms with van der Waals surface area (Å²) in [6, 6.07) is 20.1. The molecule has 0 amide bonds. The lowest BCUT2D eigenvalue weighted by atomic mass is 9.99. The van der Waals surface area contributed by atoms with E-state index in [1.807, 2.05) is 62.4 Å². The van der Waals surface area contributed by atoms with Crippen molar-refractivity contribution in [3.8, 4) is 21.7 Å². The van der Waals surface area contributed by atoms with Crippen LogP contribution in [0.5, 0.6) is 0 Å². The molecule has 4 rings (SSSR count). The van der Waals surface area contributed by atoms with Gasteiger partial charge < -0.3 is 5.73 Å². The number of ketones is 1. The van der Waals surface area contributed by atoms with Crippen molar-refractivity contribution in [3.05, 3.63) is 88.6 Å². The quantitative estimate of drug-likeness (QED) is 0.458. The Balaban J connectivity index is 1.58. The number of hydrogen-bond donors (Lipinski definition) is 1. The van der Waals surface area contributed by atoms with Gasteiger partial charge in [0.2, 0.25) is 0 Å². The average molecular weight is 414 g/mol. The number of pyridine rings is 1. The van der Waals surface area contributed by atoms with Gasteiger partial charge >= 0.3 is 0 Å². The van der Waals surface area contributed by atoms with Crippen LogP contribution in [0.25, 0.3) is 21.7 Å². The summed E-state index contributed by atoms with van der Waals surface area (Å²) in [4.78, 5) is 22.5. The van der Waals surface area contributed by atoms with Crippen LogP contribution >= 0.6 is 11.3 Å². The third kappa shape index (κ3) is 4.63. The van der Waals surface area contributed by atoms with Gasteiger partial charge in [0.1, 0.15) is 11.6 Å². The Labute approximate surface area is 180 Å². The normalized spacial score (nSPS) is 10.9. The number of Topliss-reactive ketones (excluding diaryl/α,β-unsaturated/α-hetero) is 1. The van der Waals surface area contributed by atoms with Crippen LogP contribution in [0.15, 0.2) is 66.9 Å². The standard InChI is InChI=1S/C25H23N3OS/c1-16-6-8-18(9-7-16)13-22(29)14-19-4-3-5-21(12-19)25-24(28-17(2)30-25)20-10-11-27-23(26)15-20/h3-12,15H,13-14H2,1-2H3,(H2,26,27). The Bertz CT molecular complexity index is 1200. The summed E-state index contributed by atoms with van der Waals surface area (Å²) in [6.45, 7) is 4.05. The minimum atomic E-state index is 0.207. The molecule has 0 bridgehead atoms. The van der Waals surface area contributed by atoms with Crippen LogP contribution in [-0.2, 0) is 17.6 Å². The van der Waals surface area contributed by atoms with Gasteiger partial charge in [0.15, 0.2) is 0 Å². The molecule has 0 fully saturated rings. The summed E-state index contributed by atoms with van der Waals surface area (Å²) in [6.07, 6.45) is 2.56. The molecule has 0 atom stereocenters. The van der Waals surface area contributed by atoms with Gasteiger partial charge in [0.25, 0.3) is 0 Å². The van der Waals surface area contributed by atoms with Crippen molar-refractivity contribution in [2.24, 2.45) is 0 Å². The molecule has 5 heteroatoms. The van der Waals surface area contributed by atoms with E-state index in [4.69, 9.17) is 10.7 Å². The molecule has 150 valence electrons. The predicted octanol–water partition coefficient (Wildman–Crippen LogP) is 5.43. The van der Waals surface area contributed by atoms with Gasteiger partial charge in [-0.1, -0.05) is 48.0 Å². The molecule has 0 aliphatic rings. The lowest BCUT2D eigenvalue weighted by Crippen LogP contribution is -2.06. The molecular weight excluding hydrogens is 390 g/mol. The Morgan fingerprint density at radius 3 is 2.47 bits per heavy atom. The zero-order chi connectivity index (χ0) is 21.1. The Kier molecular flexibility index (Phi) is 5.72. The fraction of sp³-hybridized carbons (Fsp3) is 0.160. The van der Waals surface area contributed by atoms with Gasteiger partial charge in [-0.3, -0.25) is 4.79 Å². The second kappa shape index (κ2) is 8.59. The van der Waals surface area contributed by atoms with E-state index in [2.05, 4.69) is 17.1 Å². The third-order valence-corrected chi connectivity index (χ3v) is 5.92. The summed E-state index contributed by atoms with van der Waals surface area (Å²) >= 11 is 1.64. The lowest BCUT2D eigenvalue weighted by Gasteiger charge is -2.07. The molecule has 0 radical (unpaired) electrons. The van der Waals surface area contributed by atoms with E-state index in [9.17, 15) is 4.79 Å². The maximum atomic E-state index is 12.6. The largest absolute Gasteiger partial charge is 0.384 e. The number of nitrogen functional groups attached to an aromatic ring is 1. The van der Waals surface area contributed by atoms with Gasteiger partial charge in [-0.15, -0.1) is 11.3 Å². The van der Waals surface area contributed by atoms with Crippen LogP contribution in [-0.4, -0.2) is 15.8 Å². The van der Waals surface area contributed by atoms with E-state index < -0.39 is 0 Å². The molecule has 4 aromatic rings. The van der Waals surface area contributed by atoms with E-state index in [1.54, 1.807) is 17.5 Å². The number of aromatic nitrogens is 2. The number of anilines is 1. The Hall–Kier alpha value is -3.31. The minimum Gasteiger partial charge on any atom is -0.384 e. The SMILES string of the molecule is Cc1ccc(CC(=O)Cc2cccc(-c3sc(C)nc3-c3ccnc(N)c3)c2)cc1. The van der Waals surface area contributed by atoms with Crippen LogP contribution in [0, 0.1) is 13.8 Å². The predicted molar refractivity (Wildman–Crippen MR) is 124 cm³/mol. The van der Waals surface area contributed by atoms with Gasteiger partial charge in [0, 0.05) is 24.6 Å². The summed E-state index contributed by atoms with van der Waals surface area (Å²) in [5, 5.41) is 0.983. The molecular formula is C25H23N3OS. The average Bonchev–Trinajstić information content (AvgIpc) is 3.12. The van der Waals surface area contributed by atoms with Crippen LogP contribution in [0.1, 0.15) is 21.7 Å². The summed E-state index contributed by atoms with van der Waals surface area (Å²) in [5.74, 6) is 0.679. The lowest BCUT2D eigenvalue weighted by molar-refractivity contribution is -0.117. The molecule has 2 heterocycles. The first-order valence-electron chi connectivity index (χ1n) is 9.84. The van der Waals surface area contributed by atoms with Crippen molar-refractivity contribution in [2.45, 2.75) is 26.7 Å². The molecule has 0 aliphatic carbocycles. The highest BCUT2D eigenvalue weighted by molar-refractivity contribution is 7.15. The van der Waals surface area contributed by atoms with Gasteiger partial charge in [0.05, 0.1) is 15.6 Å². The maximum Gasteiger partial charge on any atom is 0.141 e. The summed E-state index contributed by atoms with van der Waals surface area (Å²) in [7, 11) is 0. The molecule has 2 N–H and O–H groups in total. The van der Waals surface area contributed by atoms with Gasteiger partial charge in [-0.2, -0.15) is 0 Å². The van der Waals surface area contributed by atoms with Gasteiger partial charge in [-0.25, -0.2) is 9.97 Å². The van der Waals surface area contributed by atoms with Crippen molar-refractivity contribution < 1.29 is 4.79 Å². The fourth-order valence-electron chi connectivity index (χ4n) is 3.46. The molecule has 4 nitrogen and oxygen atoms in total. The smallest absolute Gasteiger partial charge is 0.141 e. The zero-order valence-electron chi connectivity index (χ0n) is 17.1. The first-order valence-corrected chi connectivity index (χ1v) is 10.7. The zero-order valence-corrected chi connectivity index (χ0v) is 17.9. The third-order valence-electron chi connectivity index (χ3n) is 4.90. The van der Waals surface area contributed by atoms with Crippen LogP contribution in [0.4, 0.5) is 5.82 Å². The second-order valence-corrected chi connectivity index (χ2v) is 8.66. The van der Waals surface area contributed by atoms with Crippen LogP contribution in [0.3, 0.4) is 0 Å². The highest BCUT2D eigenvalue weighted by Gasteiger charge is 2.15. The van der Waals surface area contributed by atoms with E-state index in [0.717, 1.165) is 37.8 Å². The van der Waals surface area contributed by atoms with E-state index in [0.29, 0.717) is 18.7 Å². The summed E-state index contributed by atoms with van der Waals surface area (Å²) in [5.41, 5.74) is 12.0. The number of benzene rings is 2. The van der Waals surface area contributed by atoms with Crippen molar-refractivity contribution >= 4 is 22.9 Å². The fourth-order valence-corrected chi connectivity index (χ4v) is 4.40. The van der Waals surface area contributed by atoms with Crippen LogP contribution in [0.2, 0.25) is 0 Å². The summed E-state index contributed by atoms with van der Waals surface area (Å²) < 4.78 is 0. The number of carbonyl (C=O) groups excluding carboxylic acids is 1. The topological polar surface area (TPSA) is 68.9 Å². The maximum absolute atomic E-state index is 12.6. The molecule has 2 aromatic heterocycles. The van der Waals surface area contributed by atoms with Gasteiger partial charge in [-0.05, 0) is 48.7 Å². The Morgan fingerprint density at radius 1 is 0.933 bits per heavy atom. The number of nitrogens with two attached hydrogens (primary N) is 1. The number of aryl methyl sites for hydroxylation is 2. The molecule has 30 heavy (non-hydrogen) atoms. The highest BCUT2D eigenvalue weighted by Crippen LogP contribution is 2.37. The van der Waals surface area contributed by atoms with Crippen molar-refractivity contribution in [1.29, 1.82) is 0 Å². The Morgan fingerprint density at radius 2 is 1.70 bits per heavy atom. The van der Waals surface area contributed by atoms with E-state index in [-0.39, 0.29) is 5.78 Å². The molecule has 0 saturated carbocycles. The molecule has 2 aromatic carbocycles. The number of rotatable bonds is 6. The number of hydrogen-bond acceptors (Lipinski definition) is 5. The van der Waals surface area contributed by atoms with E-state index in [1.165, 1.54) is 5.56 Å². The highest BCUT2D eigenvalue weighted by atomic mass is 32.1. The number of carbonyl (C=O) groups is 1. The van der Waals surface area contributed by atoms with Crippen LogP contribution < -0.4 is 5.73 Å². The monoisotopic (exact) mass is 413 g/mol. The van der Waals surface area contributed by atoms with Crippen molar-refractivity contribution in [3.63, 3.8) is 0 Å². The first-order chi connectivity index (χ1) is 14.5. The van der Waals surface area contributed by atoms with Crippen molar-refractivity contribution in [1.82, 2.24) is 9.97 Å². The van der Waals surface area contributed by atoms with E-state index >= 15 is 0 Å². The molecule has 0 spiro atoms. The number of nitrogens with zero attached hydrogens (tertiary/aromatic N) is 2. The number of thiazole rings is 1.